The van der Waals surface area contributed by atoms with Gasteiger partial charge >= 0.3 is 0 Å². The second-order valence-electron chi connectivity index (χ2n) is 4.99. The average Bonchev–Trinajstić information content (AvgIpc) is 2.03. The quantitative estimate of drug-likeness (QED) is 0.477. The molecule has 3 rings (SSSR count). The largest absolute Gasteiger partial charge is 0.772 e. The first kappa shape index (κ1) is 9.41. The lowest BCUT2D eigenvalue weighted by atomic mass is 9.48. The molecule has 4 atom stereocenters. The Balaban J connectivity index is 2.40. The van der Waals surface area contributed by atoms with Gasteiger partial charge in [-0.05, 0) is 41.7 Å². The summed E-state index contributed by atoms with van der Waals surface area (Å²) in [5.74, 6) is 0.891. The highest BCUT2D eigenvalue weighted by Gasteiger charge is 2.57. The van der Waals surface area contributed by atoms with Crippen LogP contribution in [0.4, 0.5) is 0 Å². The van der Waals surface area contributed by atoms with Crippen LogP contribution in [-0.2, 0) is 11.1 Å². The SMILES string of the molecule is CC1(C)[C@H]2C[C@@H]1C=C[C@]2(C)S(=O)[O-]. The molecule has 0 aromatic carbocycles. The maximum absolute atomic E-state index is 11.1. The Morgan fingerprint density at radius 3 is 2.38 bits per heavy atom. The summed E-state index contributed by atoms with van der Waals surface area (Å²) in [5.41, 5.74) is 0.170. The van der Waals surface area contributed by atoms with Crippen LogP contribution in [0.15, 0.2) is 12.2 Å². The van der Waals surface area contributed by atoms with Gasteiger partial charge in [0.25, 0.3) is 0 Å². The van der Waals surface area contributed by atoms with E-state index in [1.165, 1.54) is 0 Å². The van der Waals surface area contributed by atoms with Crippen LogP contribution in [0.5, 0.6) is 0 Å². The lowest BCUT2D eigenvalue weighted by Gasteiger charge is -2.61. The third-order valence-electron chi connectivity index (χ3n) is 4.05. The zero-order valence-electron chi connectivity index (χ0n) is 8.24. The van der Waals surface area contributed by atoms with Crippen molar-refractivity contribution in [3.8, 4) is 0 Å². The van der Waals surface area contributed by atoms with Crippen LogP contribution in [0.2, 0.25) is 0 Å². The van der Waals surface area contributed by atoms with Gasteiger partial charge in [0.1, 0.15) is 0 Å². The molecule has 2 bridgehead atoms. The molecule has 1 saturated carbocycles. The molecule has 3 aliphatic rings. The monoisotopic (exact) mass is 199 g/mol. The summed E-state index contributed by atoms with van der Waals surface area (Å²) in [6.07, 6.45) is 4.99. The maximum Gasteiger partial charge on any atom is 0.0512 e. The second-order valence-corrected chi connectivity index (χ2v) is 6.34. The van der Waals surface area contributed by atoms with E-state index in [1.807, 2.05) is 13.0 Å². The zero-order chi connectivity index (χ0) is 9.85. The van der Waals surface area contributed by atoms with Crippen LogP contribution in [0.25, 0.3) is 0 Å². The number of rotatable bonds is 1. The first-order chi connectivity index (χ1) is 5.89. The lowest BCUT2D eigenvalue weighted by molar-refractivity contribution is -0.0173. The topological polar surface area (TPSA) is 40.1 Å². The van der Waals surface area contributed by atoms with E-state index in [0.717, 1.165) is 6.42 Å². The van der Waals surface area contributed by atoms with Gasteiger partial charge in [-0.1, -0.05) is 26.0 Å². The van der Waals surface area contributed by atoms with Gasteiger partial charge < -0.3 is 4.55 Å². The Hall–Kier alpha value is -0.150. The summed E-state index contributed by atoms with van der Waals surface area (Å²) >= 11 is -1.99. The summed E-state index contributed by atoms with van der Waals surface area (Å²) in [6.45, 7) is 6.16. The van der Waals surface area contributed by atoms with Crippen molar-refractivity contribution in [3.63, 3.8) is 0 Å². The maximum atomic E-state index is 11.1. The first-order valence-corrected chi connectivity index (χ1v) is 5.75. The highest BCUT2D eigenvalue weighted by Crippen LogP contribution is 2.60. The Morgan fingerprint density at radius 2 is 2.08 bits per heavy atom. The van der Waals surface area contributed by atoms with Gasteiger partial charge in [0.2, 0.25) is 0 Å². The Morgan fingerprint density at radius 1 is 1.46 bits per heavy atom. The van der Waals surface area contributed by atoms with Gasteiger partial charge in [-0.25, -0.2) is 0 Å². The van der Waals surface area contributed by atoms with Crippen molar-refractivity contribution < 1.29 is 8.76 Å². The minimum absolute atomic E-state index is 0.170. The van der Waals surface area contributed by atoms with Crippen LogP contribution < -0.4 is 0 Å². The van der Waals surface area contributed by atoms with Crippen molar-refractivity contribution in [2.24, 2.45) is 17.3 Å². The molecule has 0 aromatic heterocycles. The molecule has 0 aliphatic heterocycles. The smallest absolute Gasteiger partial charge is 0.0512 e. The van der Waals surface area contributed by atoms with E-state index in [1.54, 1.807) is 0 Å². The lowest BCUT2D eigenvalue weighted by Crippen LogP contribution is -2.59. The predicted octanol–water partition coefficient (Wildman–Crippen LogP) is 1.86. The van der Waals surface area contributed by atoms with Gasteiger partial charge in [-0.15, -0.1) is 0 Å². The molecule has 0 N–H and O–H groups in total. The molecule has 13 heavy (non-hydrogen) atoms. The summed E-state index contributed by atoms with van der Waals surface area (Å²) in [4.78, 5) is 0. The van der Waals surface area contributed by atoms with Crippen molar-refractivity contribution in [2.75, 3.05) is 0 Å². The van der Waals surface area contributed by atoms with Crippen LogP contribution >= 0.6 is 0 Å². The third kappa shape index (κ3) is 1.00. The standard InChI is InChI=1S/C10H16O2S/c1-9(2)7-4-5-10(3,13(11)12)8(9)6-7/h4-5,7-8H,6H2,1-3H3,(H,11,12)/p-1/t7-,8+,10-/m0/s1. The van der Waals surface area contributed by atoms with Crippen LogP contribution in [0.1, 0.15) is 27.2 Å². The summed E-state index contributed by atoms with van der Waals surface area (Å²) in [7, 11) is 0. The van der Waals surface area contributed by atoms with E-state index in [0.29, 0.717) is 11.8 Å². The Labute approximate surface area is 81.7 Å². The zero-order valence-corrected chi connectivity index (χ0v) is 9.06. The molecule has 0 aromatic rings. The minimum atomic E-state index is -1.99. The highest BCUT2D eigenvalue weighted by molar-refractivity contribution is 7.80. The Bertz CT molecular complexity index is 295. The molecule has 1 unspecified atom stereocenters. The summed E-state index contributed by atoms with van der Waals surface area (Å²) in [6, 6.07) is 0. The van der Waals surface area contributed by atoms with E-state index in [2.05, 4.69) is 19.9 Å². The van der Waals surface area contributed by atoms with Crippen LogP contribution in [-0.4, -0.2) is 13.5 Å². The second kappa shape index (κ2) is 2.45. The van der Waals surface area contributed by atoms with Crippen molar-refractivity contribution >= 4 is 11.1 Å². The molecular weight excluding hydrogens is 184 g/mol. The van der Waals surface area contributed by atoms with Gasteiger partial charge in [-0.2, -0.15) is 0 Å². The number of fused-ring (bicyclic) bond motifs is 1. The van der Waals surface area contributed by atoms with Crippen molar-refractivity contribution in [3.05, 3.63) is 12.2 Å². The summed E-state index contributed by atoms with van der Waals surface area (Å²) < 4.78 is 21.7. The van der Waals surface area contributed by atoms with Crippen LogP contribution in [0.3, 0.4) is 0 Å². The fourth-order valence-electron chi connectivity index (χ4n) is 2.85. The summed E-state index contributed by atoms with van der Waals surface area (Å²) in [5, 5.41) is 0. The third-order valence-corrected chi connectivity index (χ3v) is 5.19. The molecule has 0 spiro atoms. The van der Waals surface area contributed by atoms with Crippen LogP contribution in [0, 0.1) is 17.3 Å². The normalized spacial score (nSPS) is 48.3. The molecule has 3 aliphatic carbocycles. The van der Waals surface area contributed by atoms with Crippen molar-refractivity contribution in [1.29, 1.82) is 0 Å². The molecule has 2 nitrogen and oxygen atoms in total. The van der Waals surface area contributed by atoms with Gasteiger partial charge in [0.15, 0.2) is 0 Å². The van der Waals surface area contributed by atoms with Gasteiger partial charge in [-0.3, -0.25) is 4.21 Å². The number of allylic oxidation sites excluding steroid dienone is 1. The minimum Gasteiger partial charge on any atom is -0.772 e. The fourth-order valence-corrected chi connectivity index (χ4v) is 3.68. The van der Waals surface area contributed by atoms with Crippen molar-refractivity contribution in [1.82, 2.24) is 0 Å². The van der Waals surface area contributed by atoms with Crippen molar-refractivity contribution in [2.45, 2.75) is 31.9 Å². The molecule has 0 heterocycles. The molecule has 74 valence electrons. The molecular formula is C10H15O2S-. The van der Waals surface area contributed by atoms with Gasteiger partial charge in [0, 0.05) is 0 Å². The molecule has 3 heteroatoms. The number of hydrogen-bond donors (Lipinski definition) is 0. The predicted molar refractivity (Wildman–Crippen MR) is 51.8 cm³/mol. The van der Waals surface area contributed by atoms with E-state index in [9.17, 15) is 8.76 Å². The molecule has 0 radical (unpaired) electrons. The van der Waals surface area contributed by atoms with E-state index in [-0.39, 0.29) is 5.41 Å². The highest BCUT2D eigenvalue weighted by atomic mass is 32.2. The first-order valence-electron chi connectivity index (χ1n) is 4.68. The molecule has 0 saturated heterocycles. The molecule has 0 amide bonds. The molecule has 1 fully saturated rings. The number of hydrogen-bond acceptors (Lipinski definition) is 2. The Kier molecular flexibility index (Phi) is 1.77. The van der Waals surface area contributed by atoms with E-state index in [4.69, 9.17) is 0 Å². The average molecular weight is 199 g/mol. The fraction of sp³-hybridized carbons (Fsp3) is 0.800. The van der Waals surface area contributed by atoms with Gasteiger partial charge in [0.05, 0.1) is 4.75 Å². The van der Waals surface area contributed by atoms with E-state index >= 15 is 0 Å². The van der Waals surface area contributed by atoms with E-state index < -0.39 is 15.8 Å².